The van der Waals surface area contributed by atoms with Gasteiger partial charge in [-0.3, -0.25) is 4.79 Å². The van der Waals surface area contributed by atoms with Crippen LogP contribution in [-0.2, 0) is 0 Å². The van der Waals surface area contributed by atoms with Gasteiger partial charge >= 0.3 is 0 Å². The van der Waals surface area contributed by atoms with Crippen LogP contribution in [0, 0.1) is 0 Å². The summed E-state index contributed by atoms with van der Waals surface area (Å²) in [5.74, 6) is 1.33. The van der Waals surface area contributed by atoms with Gasteiger partial charge in [0.2, 0.25) is 0 Å². The number of benzene rings is 1. The number of fused-ring (bicyclic) bond motifs is 2. The van der Waals surface area contributed by atoms with Gasteiger partial charge in [0.25, 0.3) is 5.91 Å². The van der Waals surface area contributed by atoms with Crippen LogP contribution in [0.4, 0.5) is 0 Å². The summed E-state index contributed by atoms with van der Waals surface area (Å²) >= 11 is 6.28. The lowest BCUT2D eigenvalue weighted by atomic mass is 10.0. The molecular weight excluding hydrogens is 290 g/mol. The first-order valence-corrected chi connectivity index (χ1v) is 7.76. The van der Waals surface area contributed by atoms with E-state index in [-0.39, 0.29) is 23.4 Å². The lowest BCUT2D eigenvalue weighted by Gasteiger charge is -2.37. The van der Waals surface area contributed by atoms with Crippen LogP contribution >= 0.6 is 11.6 Å². The van der Waals surface area contributed by atoms with Gasteiger partial charge in [0.15, 0.2) is 0 Å². The first kappa shape index (κ1) is 14.5. The minimum absolute atomic E-state index is 0.0586. The van der Waals surface area contributed by atoms with Crippen LogP contribution < -0.4 is 9.47 Å². The third-order valence-electron chi connectivity index (χ3n) is 4.51. The quantitative estimate of drug-likeness (QED) is 0.805. The maximum Gasteiger partial charge on any atom is 0.254 e. The molecular formula is C16H20ClNO3. The number of ether oxygens (including phenoxy) is 2. The van der Waals surface area contributed by atoms with E-state index < -0.39 is 0 Å². The molecule has 0 aliphatic carbocycles. The predicted octanol–water partition coefficient (Wildman–Crippen LogP) is 3.08. The summed E-state index contributed by atoms with van der Waals surface area (Å²) in [4.78, 5) is 14.9. The summed E-state index contributed by atoms with van der Waals surface area (Å²) in [6.45, 7) is 0. The Hall–Kier alpha value is -1.42. The highest BCUT2D eigenvalue weighted by molar-refractivity contribution is 6.20. The summed E-state index contributed by atoms with van der Waals surface area (Å²) in [7, 11) is 3.18. The molecule has 0 spiro atoms. The van der Waals surface area contributed by atoms with E-state index in [4.69, 9.17) is 21.1 Å². The maximum atomic E-state index is 12.9. The van der Waals surface area contributed by atoms with Crippen molar-refractivity contribution < 1.29 is 14.3 Å². The fourth-order valence-electron chi connectivity index (χ4n) is 3.52. The van der Waals surface area contributed by atoms with Crippen molar-refractivity contribution in [1.29, 1.82) is 0 Å². The molecule has 2 heterocycles. The zero-order chi connectivity index (χ0) is 15.0. The third kappa shape index (κ3) is 2.69. The van der Waals surface area contributed by atoms with Gasteiger partial charge in [-0.15, -0.1) is 11.6 Å². The second-order valence-corrected chi connectivity index (χ2v) is 6.38. The molecule has 1 amide bonds. The van der Waals surface area contributed by atoms with E-state index in [1.807, 2.05) is 4.90 Å². The molecule has 3 rings (SSSR count). The van der Waals surface area contributed by atoms with Crippen LogP contribution in [0.5, 0.6) is 11.5 Å². The molecule has 2 aliphatic heterocycles. The Balaban J connectivity index is 1.89. The molecule has 0 N–H and O–H groups in total. The topological polar surface area (TPSA) is 38.8 Å². The molecule has 2 atom stereocenters. The van der Waals surface area contributed by atoms with Crippen molar-refractivity contribution in [3.8, 4) is 11.5 Å². The SMILES string of the molecule is COc1cc(OC)cc(C(=O)N2C3CCC2CC(Cl)C3)c1. The summed E-state index contributed by atoms with van der Waals surface area (Å²) in [5, 5.41) is 0.200. The number of carbonyl (C=O) groups excluding carboxylic acids is 1. The van der Waals surface area contributed by atoms with Gasteiger partial charge in [0.1, 0.15) is 11.5 Å². The molecule has 2 saturated heterocycles. The number of methoxy groups -OCH3 is 2. The third-order valence-corrected chi connectivity index (χ3v) is 4.86. The molecule has 5 heteroatoms. The van der Waals surface area contributed by atoms with Gasteiger partial charge < -0.3 is 14.4 Å². The first-order valence-electron chi connectivity index (χ1n) is 7.32. The fraction of sp³-hybridized carbons (Fsp3) is 0.562. The van der Waals surface area contributed by atoms with Crippen LogP contribution in [0.15, 0.2) is 18.2 Å². The van der Waals surface area contributed by atoms with Gasteiger partial charge in [-0.25, -0.2) is 0 Å². The molecule has 114 valence electrons. The molecule has 2 bridgehead atoms. The Morgan fingerprint density at radius 2 is 1.62 bits per heavy atom. The Labute approximate surface area is 130 Å². The highest BCUT2D eigenvalue weighted by Crippen LogP contribution is 2.39. The number of rotatable bonds is 3. The van der Waals surface area contributed by atoms with Crippen molar-refractivity contribution in [3.05, 3.63) is 23.8 Å². The van der Waals surface area contributed by atoms with E-state index in [9.17, 15) is 4.79 Å². The smallest absolute Gasteiger partial charge is 0.254 e. The van der Waals surface area contributed by atoms with Gasteiger partial charge in [-0.1, -0.05) is 0 Å². The first-order chi connectivity index (χ1) is 10.1. The van der Waals surface area contributed by atoms with Crippen LogP contribution in [0.2, 0.25) is 0 Å². The lowest BCUT2D eigenvalue weighted by molar-refractivity contribution is 0.0599. The van der Waals surface area contributed by atoms with E-state index in [0.717, 1.165) is 25.7 Å². The number of piperidine rings is 1. The van der Waals surface area contributed by atoms with Crippen LogP contribution in [0.3, 0.4) is 0 Å². The molecule has 2 aliphatic rings. The monoisotopic (exact) mass is 309 g/mol. The van der Waals surface area contributed by atoms with Gasteiger partial charge in [-0.05, 0) is 37.8 Å². The van der Waals surface area contributed by atoms with E-state index in [1.54, 1.807) is 32.4 Å². The summed E-state index contributed by atoms with van der Waals surface area (Å²) in [6, 6.07) is 5.87. The maximum absolute atomic E-state index is 12.9. The molecule has 0 radical (unpaired) electrons. The minimum Gasteiger partial charge on any atom is -0.497 e. The Bertz CT molecular complexity index is 512. The van der Waals surface area contributed by atoms with Crippen LogP contribution in [0.25, 0.3) is 0 Å². The molecule has 21 heavy (non-hydrogen) atoms. The van der Waals surface area contributed by atoms with E-state index >= 15 is 0 Å². The van der Waals surface area contributed by atoms with Gasteiger partial charge in [0.05, 0.1) is 14.2 Å². The molecule has 1 aromatic carbocycles. The largest absolute Gasteiger partial charge is 0.497 e. The molecule has 2 unspecified atom stereocenters. The molecule has 4 nitrogen and oxygen atoms in total. The Morgan fingerprint density at radius 1 is 1.10 bits per heavy atom. The average Bonchev–Trinajstić information content (AvgIpc) is 2.77. The number of halogens is 1. The number of carbonyl (C=O) groups is 1. The van der Waals surface area contributed by atoms with Crippen molar-refractivity contribution in [2.24, 2.45) is 0 Å². The van der Waals surface area contributed by atoms with Crippen LogP contribution in [-0.4, -0.2) is 42.5 Å². The van der Waals surface area contributed by atoms with Crippen molar-refractivity contribution >= 4 is 17.5 Å². The predicted molar refractivity (Wildman–Crippen MR) is 81.4 cm³/mol. The standard InChI is InChI=1S/C16H20ClNO3/c1-20-14-5-10(6-15(9-14)21-2)16(19)18-12-3-4-13(18)8-11(17)7-12/h5-6,9,11-13H,3-4,7-8H2,1-2H3. The summed E-state index contributed by atoms with van der Waals surface area (Å²) in [6.07, 6.45) is 3.90. The summed E-state index contributed by atoms with van der Waals surface area (Å²) in [5.41, 5.74) is 0.621. The number of nitrogens with zero attached hydrogens (tertiary/aromatic N) is 1. The summed E-state index contributed by atoms with van der Waals surface area (Å²) < 4.78 is 10.5. The van der Waals surface area contributed by atoms with E-state index in [2.05, 4.69) is 0 Å². The minimum atomic E-state index is 0.0586. The average molecular weight is 310 g/mol. The highest BCUT2D eigenvalue weighted by Gasteiger charge is 2.43. The number of hydrogen-bond acceptors (Lipinski definition) is 3. The fourth-order valence-corrected chi connectivity index (χ4v) is 3.93. The molecule has 0 saturated carbocycles. The Kier molecular flexibility index (Phi) is 3.98. The Morgan fingerprint density at radius 3 is 2.10 bits per heavy atom. The van der Waals surface area contributed by atoms with Crippen molar-refractivity contribution in [2.45, 2.75) is 43.1 Å². The van der Waals surface area contributed by atoms with Gasteiger partial charge in [-0.2, -0.15) is 0 Å². The molecule has 2 fully saturated rings. The van der Waals surface area contributed by atoms with Crippen molar-refractivity contribution in [3.63, 3.8) is 0 Å². The van der Waals surface area contributed by atoms with Gasteiger partial charge in [0, 0.05) is 29.1 Å². The molecule has 1 aromatic rings. The van der Waals surface area contributed by atoms with Crippen molar-refractivity contribution in [1.82, 2.24) is 4.90 Å². The zero-order valence-electron chi connectivity index (χ0n) is 12.3. The van der Waals surface area contributed by atoms with Crippen molar-refractivity contribution in [2.75, 3.05) is 14.2 Å². The zero-order valence-corrected chi connectivity index (χ0v) is 13.1. The normalized spacial score (nSPS) is 27.6. The number of alkyl halides is 1. The number of amides is 1. The van der Waals surface area contributed by atoms with E-state index in [0.29, 0.717) is 17.1 Å². The lowest BCUT2D eigenvalue weighted by Crippen LogP contribution is -2.46. The number of hydrogen-bond donors (Lipinski definition) is 0. The second-order valence-electron chi connectivity index (χ2n) is 5.77. The van der Waals surface area contributed by atoms with Crippen LogP contribution in [0.1, 0.15) is 36.0 Å². The molecule has 0 aromatic heterocycles. The van der Waals surface area contributed by atoms with E-state index in [1.165, 1.54) is 0 Å². The second kappa shape index (κ2) is 5.76. The highest BCUT2D eigenvalue weighted by atomic mass is 35.5.